The molecule has 1 amide bonds. The molecule has 0 bridgehead atoms. The van der Waals surface area contributed by atoms with Gasteiger partial charge in [0, 0.05) is 31.5 Å². The van der Waals surface area contributed by atoms with Crippen LogP contribution in [0, 0.1) is 5.82 Å². The van der Waals surface area contributed by atoms with E-state index >= 15 is 0 Å². The molecule has 0 N–H and O–H groups in total. The number of carbonyl (C=O) groups is 1. The molecule has 1 aromatic heterocycles. The van der Waals surface area contributed by atoms with Crippen LogP contribution in [0.1, 0.15) is 34.3 Å². The summed E-state index contributed by atoms with van der Waals surface area (Å²) < 4.78 is 19.0. The second kappa shape index (κ2) is 9.09. The minimum atomic E-state index is -0.229. The largest absolute Gasteiger partial charge is 0.373 e. The van der Waals surface area contributed by atoms with Crippen molar-refractivity contribution in [1.82, 2.24) is 4.98 Å². The van der Waals surface area contributed by atoms with Crippen molar-refractivity contribution in [3.8, 4) is 0 Å². The molecule has 0 aliphatic carbocycles. The van der Waals surface area contributed by atoms with Gasteiger partial charge in [0.25, 0.3) is 5.91 Å². The first kappa shape index (κ1) is 20.6. The summed E-state index contributed by atoms with van der Waals surface area (Å²) in [5, 5.41) is 0. The lowest BCUT2D eigenvalue weighted by atomic mass is 10.1. The Labute approximate surface area is 187 Å². The molecule has 0 atom stereocenters. The van der Waals surface area contributed by atoms with Gasteiger partial charge in [0.15, 0.2) is 0 Å². The Morgan fingerprint density at radius 3 is 2.53 bits per heavy atom. The zero-order valence-corrected chi connectivity index (χ0v) is 17.9. The van der Waals surface area contributed by atoms with Crippen molar-refractivity contribution >= 4 is 17.4 Å². The number of carbonyl (C=O) groups excluding carboxylic acids is 1. The molecule has 5 rings (SSSR count). The second-order valence-corrected chi connectivity index (χ2v) is 8.36. The van der Waals surface area contributed by atoms with Crippen LogP contribution in [-0.4, -0.2) is 36.6 Å². The van der Waals surface area contributed by atoms with Crippen LogP contribution < -0.4 is 9.80 Å². The van der Waals surface area contributed by atoms with Crippen molar-refractivity contribution in [2.75, 3.05) is 29.4 Å². The van der Waals surface area contributed by atoms with E-state index in [-0.39, 0.29) is 17.8 Å². The fourth-order valence-electron chi connectivity index (χ4n) is 4.45. The summed E-state index contributed by atoms with van der Waals surface area (Å²) in [7, 11) is 0. The van der Waals surface area contributed by atoms with Gasteiger partial charge in [0.05, 0.1) is 18.3 Å². The van der Waals surface area contributed by atoms with E-state index in [0.717, 1.165) is 49.4 Å². The van der Waals surface area contributed by atoms with Crippen molar-refractivity contribution in [3.63, 3.8) is 0 Å². The number of halogens is 1. The van der Waals surface area contributed by atoms with Gasteiger partial charge in [-0.25, -0.2) is 9.37 Å². The van der Waals surface area contributed by atoms with Gasteiger partial charge >= 0.3 is 0 Å². The Morgan fingerprint density at radius 2 is 1.78 bits per heavy atom. The number of hydrogen-bond acceptors (Lipinski definition) is 4. The highest BCUT2D eigenvalue weighted by atomic mass is 19.1. The van der Waals surface area contributed by atoms with Crippen LogP contribution in [-0.2, 0) is 17.8 Å². The number of para-hydroxylation sites is 1. The van der Waals surface area contributed by atoms with Crippen molar-refractivity contribution in [2.45, 2.75) is 32.0 Å². The summed E-state index contributed by atoms with van der Waals surface area (Å²) in [5.41, 5.74) is 3.82. The molecule has 1 saturated heterocycles. The summed E-state index contributed by atoms with van der Waals surface area (Å²) in [6.45, 7) is 2.92. The molecule has 0 saturated carbocycles. The quantitative estimate of drug-likeness (QED) is 0.592. The Morgan fingerprint density at radius 1 is 1.00 bits per heavy atom. The molecule has 2 aromatic carbocycles. The third-order valence-electron chi connectivity index (χ3n) is 6.29. The molecule has 2 aliphatic heterocycles. The first-order chi connectivity index (χ1) is 15.7. The average Bonchev–Trinajstić information content (AvgIpc) is 3.28. The Kier molecular flexibility index (Phi) is 5.86. The Hall–Kier alpha value is -3.25. The molecular formula is C26H26FN3O2. The Balaban J connectivity index is 1.15. The third kappa shape index (κ3) is 4.36. The van der Waals surface area contributed by atoms with E-state index in [1.807, 2.05) is 35.2 Å². The predicted molar refractivity (Wildman–Crippen MR) is 122 cm³/mol. The van der Waals surface area contributed by atoms with Gasteiger partial charge in [-0.1, -0.05) is 30.3 Å². The maximum Gasteiger partial charge on any atom is 0.259 e. The van der Waals surface area contributed by atoms with Crippen LogP contribution in [0.15, 0.2) is 66.9 Å². The molecule has 32 heavy (non-hydrogen) atoms. The normalized spacial score (nSPS) is 16.3. The van der Waals surface area contributed by atoms with Gasteiger partial charge in [0.2, 0.25) is 0 Å². The molecule has 0 unspecified atom stereocenters. The van der Waals surface area contributed by atoms with Gasteiger partial charge in [-0.3, -0.25) is 4.79 Å². The SMILES string of the molecule is O=C(c1ccc(N2CCC(OCc3ccc(F)cc3)CC2)nc1)N1CCc2ccccc21. The monoisotopic (exact) mass is 431 g/mol. The zero-order chi connectivity index (χ0) is 21.9. The molecule has 5 nitrogen and oxygen atoms in total. The van der Waals surface area contributed by atoms with Crippen molar-refractivity contribution in [2.24, 2.45) is 0 Å². The number of nitrogens with zero attached hydrogens (tertiary/aromatic N) is 3. The number of amides is 1. The number of fused-ring (bicyclic) bond motifs is 1. The van der Waals surface area contributed by atoms with Crippen LogP contribution in [0.3, 0.4) is 0 Å². The minimum absolute atomic E-state index is 0.00176. The van der Waals surface area contributed by atoms with Gasteiger partial charge in [-0.15, -0.1) is 0 Å². The van der Waals surface area contributed by atoms with E-state index in [1.54, 1.807) is 18.3 Å². The lowest BCUT2D eigenvalue weighted by Crippen LogP contribution is -2.37. The first-order valence-corrected chi connectivity index (χ1v) is 11.1. The summed E-state index contributed by atoms with van der Waals surface area (Å²) in [6, 6.07) is 18.3. The van der Waals surface area contributed by atoms with E-state index in [0.29, 0.717) is 18.7 Å². The summed E-state index contributed by atoms with van der Waals surface area (Å²) in [5.74, 6) is 0.662. The third-order valence-corrected chi connectivity index (χ3v) is 6.29. The fraction of sp³-hybridized carbons (Fsp3) is 0.308. The molecule has 1 fully saturated rings. The average molecular weight is 432 g/mol. The zero-order valence-electron chi connectivity index (χ0n) is 17.9. The van der Waals surface area contributed by atoms with E-state index in [2.05, 4.69) is 16.0 Å². The van der Waals surface area contributed by atoms with Gasteiger partial charge in [0.1, 0.15) is 11.6 Å². The fourth-order valence-corrected chi connectivity index (χ4v) is 4.45. The number of benzene rings is 2. The topological polar surface area (TPSA) is 45.7 Å². The second-order valence-electron chi connectivity index (χ2n) is 8.36. The number of hydrogen-bond donors (Lipinski definition) is 0. The maximum absolute atomic E-state index is 13.0. The van der Waals surface area contributed by atoms with Crippen LogP contribution in [0.5, 0.6) is 0 Å². The van der Waals surface area contributed by atoms with Crippen LogP contribution in [0.4, 0.5) is 15.9 Å². The highest BCUT2D eigenvalue weighted by molar-refractivity contribution is 6.07. The molecular weight excluding hydrogens is 405 g/mol. The molecule has 0 spiro atoms. The molecule has 3 heterocycles. The van der Waals surface area contributed by atoms with Gasteiger partial charge < -0.3 is 14.5 Å². The smallest absolute Gasteiger partial charge is 0.259 e. The van der Waals surface area contributed by atoms with Gasteiger partial charge in [-0.05, 0) is 60.7 Å². The number of aromatic nitrogens is 1. The highest BCUT2D eigenvalue weighted by Crippen LogP contribution is 2.29. The van der Waals surface area contributed by atoms with Crippen LogP contribution >= 0.6 is 0 Å². The first-order valence-electron chi connectivity index (χ1n) is 11.1. The number of pyridine rings is 1. The van der Waals surface area contributed by atoms with Crippen molar-refractivity contribution in [3.05, 3.63) is 89.4 Å². The number of rotatable bonds is 5. The van der Waals surface area contributed by atoms with Crippen molar-refractivity contribution in [1.29, 1.82) is 0 Å². The van der Waals surface area contributed by atoms with Crippen molar-refractivity contribution < 1.29 is 13.9 Å². The van der Waals surface area contributed by atoms with E-state index in [9.17, 15) is 9.18 Å². The molecule has 0 radical (unpaired) electrons. The molecule has 3 aromatic rings. The summed E-state index contributed by atoms with van der Waals surface area (Å²) in [6.07, 6.45) is 4.59. The molecule has 2 aliphatic rings. The molecule has 6 heteroatoms. The predicted octanol–water partition coefficient (Wildman–Crippen LogP) is 4.61. The lowest BCUT2D eigenvalue weighted by molar-refractivity contribution is 0.0250. The summed E-state index contributed by atoms with van der Waals surface area (Å²) >= 11 is 0. The van der Waals surface area contributed by atoms with E-state index in [1.165, 1.54) is 17.7 Å². The van der Waals surface area contributed by atoms with Gasteiger partial charge in [-0.2, -0.15) is 0 Å². The minimum Gasteiger partial charge on any atom is -0.373 e. The number of piperidine rings is 1. The number of anilines is 2. The highest BCUT2D eigenvalue weighted by Gasteiger charge is 2.26. The van der Waals surface area contributed by atoms with Crippen LogP contribution in [0.2, 0.25) is 0 Å². The molecule has 164 valence electrons. The van der Waals surface area contributed by atoms with Crippen LogP contribution in [0.25, 0.3) is 0 Å². The van der Waals surface area contributed by atoms with E-state index in [4.69, 9.17) is 4.74 Å². The maximum atomic E-state index is 13.0. The standard InChI is InChI=1S/C26H26FN3O2/c27-22-8-5-19(6-9-22)18-32-23-12-14-29(15-13-23)25-10-7-21(17-28-25)26(31)30-16-11-20-3-1-2-4-24(20)30/h1-10,17,23H,11-16,18H2. The number of ether oxygens (including phenoxy) is 1. The lowest BCUT2D eigenvalue weighted by Gasteiger charge is -2.32. The Bertz CT molecular complexity index is 1080. The summed E-state index contributed by atoms with van der Waals surface area (Å²) in [4.78, 5) is 21.6. The van der Waals surface area contributed by atoms with E-state index < -0.39 is 0 Å².